The second kappa shape index (κ2) is 8.61. The van der Waals surface area contributed by atoms with Gasteiger partial charge in [0, 0.05) is 36.9 Å². The molecule has 0 bridgehead atoms. The maximum Gasteiger partial charge on any atom is 0.243 e. The fourth-order valence-corrected chi connectivity index (χ4v) is 4.80. The van der Waals surface area contributed by atoms with Crippen LogP contribution in [-0.2, 0) is 14.8 Å². The van der Waals surface area contributed by atoms with Crippen molar-refractivity contribution in [2.75, 3.05) is 38.0 Å². The Bertz CT molecular complexity index is 953. The number of aryl methyl sites for hydroxylation is 2. The third kappa shape index (κ3) is 4.91. The smallest absolute Gasteiger partial charge is 0.243 e. The van der Waals surface area contributed by atoms with Gasteiger partial charge >= 0.3 is 0 Å². The molecule has 0 radical (unpaired) electrons. The van der Waals surface area contributed by atoms with Crippen molar-refractivity contribution in [3.63, 3.8) is 0 Å². The van der Waals surface area contributed by atoms with Gasteiger partial charge in [0.25, 0.3) is 0 Å². The summed E-state index contributed by atoms with van der Waals surface area (Å²) in [6, 6.07) is 12.2. The SMILES string of the molecule is Cc1ccc(S(=O)(=O)N2CCN(CC(=O)Nc3ccc(Cl)cc3C)CC2)cc1. The first kappa shape index (κ1) is 20.8. The summed E-state index contributed by atoms with van der Waals surface area (Å²) < 4.78 is 27.0. The van der Waals surface area contributed by atoms with Gasteiger partial charge in [-0.15, -0.1) is 0 Å². The lowest BCUT2D eigenvalue weighted by atomic mass is 10.2. The summed E-state index contributed by atoms with van der Waals surface area (Å²) in [6.07, 6.45) is 0. The minimum Gasteiger partial charge on any atom is -0.325 e. The van der Waals surface area contributed by atoms with E-state index in [9.17, 15) is 13.2 Å². The fourth-order valence-electron chi connectivity index (χ4n) is 3.15. The van der Waals surface area contributed by atoms with Crippen LogP contribution in [0.4, 0.5) is 5.69 Å². The average Bonchev–Trinajstić information content (AvgIpc) is 2.65. The Morgan fingerprint density at radius 3 is 2.29 bits per heavy atom. The summed E-state index contributed by atoms with van der Waals surface area (Å²) in [4.78, 5) is 14.6. The molecule has 150 valence electrons. The van der Waals surface area contributed by atoms with Crippen molar-refractivity contribution in [3.8, 4) is 0 Å². The van der Waals surface area contributed by atoms with Crippen LogP contribution in [0.25, 0.3) is 0 Å². The van der Waals surface area contributed by atoms with Crippen molar-refractivity contribution in [1.82, 2.24) is 9.21 Å². The number of carbonyl (C=O) groups excluding carboxylic acids is 1. The van der Waals surface area contributed by atoms with E-state index in [1.165, 1.54) is 4.31 Å². The van der Waals surface area contributed by atoms with E-state index in [0.29, 0.717) is 36.1 Å². The molecule has 0 saturated carbocycles. The minimum atomic E-state index is -3.50. The Hall–Kier alpha value is -1.93. The van der Waals surface area contributed by atoms with Gasteiger partial charge in [-0.2, -0.15) is 4.31 Å². The van der Waals surface area contributed by atoms with Gasteiger partial charge in [-0.1, -0.05) is 29.3 Å². The van der Waals surface area contributed by atoms with Crippen molar-refractivity contribution in [2.24, 2.45) is 0 Å². The second-order valence-corrected chi connectivity index (χ2v) is 9.38. The molecule has 1 N–H and O–H groups in total. The molecule has 0 unspecified atom stereocenters. The molecule has 8 heteroatoms. The van der Waals surface area contributed by atoms with Crippen molar-refractivity contribution in [2.45, 2.75) is 18.7 Å². The van der Waals surface area contributed by atoms with Crippen LogP contribution in [0.3, 0.4) is 0 Å². The van der Waals surface area contributed by atoms with Gasteiger partial charge in [0.15, 0.2) is 0 Å². The topological polar surface area (TPSA) is 69.7 Å². The number of hydrogen-bond acceptors (Lipinski definition) is 4. The van der Waals surface area contributed by atoms with Crippen LogP contribution in [0.2, 0.25) is 5.02 Å². The molecule has 1 saturated heterocycles. The van der Waals surface area contributed by atoms with Gasteiger partial charge in [-0.25, -0.2) is 8.42 Å². The molecule has 0 aromatic heterocycles. The number of amides is 1. The first-order valence-corrected chi connectivity index (χ1v) is 10.9. The van der Waals surface area contributed by atoms with Gasteiger partial charge in [-0.3, -0.25) is 9.69 Å². The summed E-state index contributed by atoms with van der Waals surface area (Å²) >= 11 is 5.94. The molecular formula is C20H24ClN3O3S. The molecule has 6 nitrogen and oxygen atoms in total. The number of hydrogen-bond donors (Lipinski definition) is 1. The number of rotatable bonds is 5. The first-order chi connectivity index (χ1) is 13.3. The Labute approximate surface area is 171 Å². The molecule has 1 heterocycles. The standard InChI is InChI=1S/C20H24ClN3O3S/c1-15-3-6-18(7-4-15)28(26,27)24-11-9-23(10-12-24)14-20(25)22-19-8-5-17(21)13-16(19)2/h3-8,13H,9-12,14H2,1-2H3,(H,22,25). The van der Waals surface area contributed by atoms with Crippen molar-refractivity contribution in [3.05, 3.63) is 58.6 Å². The molecule has 1 amide bonds. The first-order valence-electron chi connectivity index (χ1n) is 9.11. The molecule has 0 aliphatic carbocycles. The van der Waals surface area contributed by atoms with E-state index in [0.717, 1.165) is 16.8 Å². The van der Waals surface area contributed by atoms with E-state index in [-0.39, 0.29) is 12.5 Å². The molecule has 0 atom stereocenters. The van der Waals surface area contributed by atoms with Gasteiger partial charge in [-0.05, 0) is 49.7 Å². The van der Waals surface area contributed by atoms with Crippen molar-refractivity contribution in [1.29, 1.82) is 0 Å². The van der Waals surface area contributed by atoms with Gasteiger partial charge in [0.05, 0.1) is 11.4 Å². The highest BCUT2D eigenvalue weighted by Gasteiger charge is 2.29. The van der Waals surface area contributed by atoms with Gasteiger partial charge in [0.1, 0.15) is 0 Å². The quantitative estimate of drug-likeness (QED) is 0.805. The number of anilines is 1. The van der Waals surface area contributed by atoms with Crippen LogP contribution >= 0.6 is 11.6 Å². The summed E-state index contributed by atoms with van der Waals surface area (Å²) in [7, 11) is -3.50. The van der Waals surface area contributed by atoms with Crippen LogP contribution in [0, 0.1) is 13.8 Å². The molecule has 1 fully saturated rings. The van der Waals surface area contributed by atoms with E-state index in [1.807, 2.05) is 18.7 Å². The third-order valence-corrected chi connectivity index (χ3v) is 6.97. The van der Waals surface area contributed by atoms with Gasteiger partial charge in [0.2, 0.25) is 15.9 Å². The molecule has 2 aromatic carbocycles. The van der Waals surface area contributed by atoms with E-state index >= 15 is 0 Å². The zero-order valence-electron chi connectivity index (χ0n) is 16.0. The summed E-state index contributed by atoms with van der Waals surface area (Å²) in [5.41, 5.74) is 2.65. The van der Waals surface area contributed by atoms with E-state index < -0.39 is 10.0 Å². The number of benzene rings is 2. The molecular weight excluding hydrogens is 398 g/mol. The van der Waals surface area contributed by atoms with Crippen LogP contribution in [-0.4, -0.2) is 56.3 Å². The monoisotopic (exact) mass is 421 g/mol. The number of nitrogens with zero attached hydrogens (tertiary/aromatic N) is 2. The molecule has 1 aliphatic heterocycles. The highest BCUT2D eigenvalue weighted by molar-refractivity contribution is 7.89. The maximum absolute atomic E-state index is 12.8. The Balaban J connectivity index is 1.55. The Kier molecular flexibility index (Phi) is 6.40. The number of sulfonamides is 1. The lowest BCUT2D eigenvalue weighted by Crippen LogP contribution is -2.50. The van der Waals surface area contributed by atoms with Gasteiger partial charge < -0.3 is 5.32 Å². The summed E-state index contributed by atoms with van der Waals surface area (Å²) in [5.74, 6) is -0.125. The lowest BCUT2D eigenvalue weighted by Gasteiger charge is -2.33. The van der Waals surface area contributed by atoms with Crippen LogP contribution in [0.5, 0.6) is 0 Å². The Morgan fingerprint density at radius 2 is 1.68 bits per heavy atom. The number of nitrogens with one attached hydrogen (secondary N) is 1. The van der Waals surface area contributed by atoms with Crippen molar-refractivity contribution < 1.29 is 13.2 Å². The summed E-state index contributed by atoms with van der Waals surface area (Å²) in [6.45, 7) is 5.78. The lowest BCUT2D eigenvalue weighted by molar-refractivity contribution is -0.117. The molecule has 1 aliphatic rings. The van der Waals surface area contributed by atoms with E-state index in [4.69, 9.17) is 11.6 Å². The fraction of sp³-hybridized carbons (Fsp3) is 0.350. The number of piperazine rings is 1. The predicted molar refractivity (Wildman–Crippen MR) is 111 cm³/mol. The molecule has 0 spiro atoms. The van der Waals surface area contributed by atoms with Crippen LogP contribution in [0.1, 0.15) is 11.1 Å². The van der Waals surface area contributed by atoms with Crippen LogP contribution in [0.15, 0.2) is 47.4 Å². The number of halogens is 1. The second-order valence-electron chi connectivity index (χ2n) is 7.00. The molecule has 2 aromatic rings. The highest BCUT2D eigenvalue weighted by Crippen LogP contribution is 2.20. The molecule has 28 heavy (non-hydrogen) atoms. The molecule has 3 rings (SSSR count). The summed E-state index contributed by atoms with van der Waals surface area (Å²) in [5, 5.41) is 3.51. The Morgan fingerprint density at radius 1 is 1.04 bits per heavy atom. The zero-order valence-corrected chi connectivity index (χ0v) is 17.6. The maximum atomic E-state index is 12.8. The van der Waals surface area contributed by atoms with E-state index in [1.54, 1.807) is 42.5 Å². The third-order valence-electron chi connectivity index (χ3n) is 4.82. The van der Waals surface area contributed by atoms with Crippen LogP contribution < -0.4 is 5.32 Å². The number of carbonyl (C=O) groups is 1. The largest absolute Gasteiger partial charge is 0.325 e. The predicted octanol–water partition coefficient (Wildman–Crippen LogP) is 2.90. The zero-order chi connectivity index (χ0) is 20.3. The normalized spacial score (nSPS) is 16.1. The highest BCUT2D eigenvalue weighted by atomic mass is 35.5. The average molecular weight is 422 g/mol. The van der Waals surface area contributed by atoms with E-state index in [2.05, 4.69) is 5.32 Å². The minimum absolute atomic E-state index is 0.125. The van der Waals surface area contributed by atoms with Crippen molar-refractivity contribution >= 4 is 33.2 Å².